The second-order valence-corrected chi connectivity index (χ2v) is 4.33. The fourth-order valence-corrected chi connectivity index (χ4v) is 1.98. The molecule has 1 atom stereocenters. The second kappa shape index (κ2) is 5.94. The molecule has 16 heavy (non-hydrogen) atoms. The highest BCUT2D eigenvalue weighted by Crippen LogP contribution is 2.25. The molecule has 0 amide bonds. The first-order valence-corrected chi connectivity index (χ1v) is 5.85. The zero-order chi connectivity index (χ0) is 12.1. The topological polar surface area (TPSA) is 29.5 Å². The predicted molar refractivity (Wildman–Crippen MR) is 64.9 cm³/mol. The number of carbonyl (C=O) groups excluding carboxylic acids is 1. The van der Waals surface area contributed by atoms with Crippen molar-refractivity contribution in [2.75, 3.05) is 6.54 Å². The van der Waals surface area contributed by atoms with Crippen LogP contribution in [0.3, 0.4) is 0 Å². The summed E-state index contributed by atoms with van der Waals surface area (Å²) in [5, 5.41) is 0. The molecule has 0 radical (unpaired) electrons. The average molecular weight is 244 g/mol. The maximum absolute atomic E-state index is 10.9. The van der Waals surface area contributed by atoms with Gasteiger partial charge in [0.05, 0.1) is 6.54 Å². The highest BCUT2D eigenvalue weighted by molar-refractivity contribution is 6.14. The molecule has 0 saturated carbocycles. The van der Waals surface area contributed by atoms with Gasteiger partial charge in [0.15, 0.2) is 0 Å². The summed E-state index contributed by atoms with van der Waals surface area (Å²) in [6, 6.07) is 0. The Balaban J connectivity index is 2.69. The van der Waals surface area contributed by atoms with Gasteiger partial charge in [-0.2, -0.15) is 0 Å². The van der Waals surface area contributed by atoms with Gasteiger partial charge < -0.3 is 4.74 Å². The van der Waals surface area contributed by atoms with E-state index in [-0.39, 0.29) is 12.1 Å². The van der Waals surface area contributed by atoms with E-state index in [9.17, 15) is 4.79 Å². The molecule has 1 aliphatic rings. The Hall–Kier alpha value is -0.960. The van der Waals surface area contributed by atoms with E-state index in [1.54, 1.807) is 4.42 Å². The molecule has 4 heteroatoms. The van der Waals surface area contributed by atoms with Gasteiger partial charge in [0, 0.05) is 30.8 Å². The van der Waals surface area contributed by atoms with Crippen LogP contribution in [0.15, 0.2) is 23.4 Å². The van der Waals surface area contributed by atoms with E-state index < -0.39 is 0 Å². The van der Waals surface area contributed by atoms with Crippen molar-refractivity contribution in [1.82, 2.24) is 4.42 Å². The minimum atomic E-state index is -0.238. The van der Waals surface area contributed by atoms with Crippen molar-refractivity contribution in [3.05, 3.63) is 23.4 Å². The number of rotatable bonds is 4. The Morgan fingerprint density at radius 3 is 2.88 bits per heavy atom. The first-order valence-electron chi connectivity index (χ1n) is 5.51. The molecule has 0 fully saturated rings. The van der Waals surface area contributed by atoms with Crippen LogP contribution in [0.4, 0.5) is 0 Å². The fourth-order valence-electron chi connectivity index (χ4n) is 1.70. The van der Waals surface area contributed by atoms with Crippen LogP contribution in [0.5, 0.6) is 0 Å². The molecule has 0 bridgehead atoms. The molecular weight excluding hydrogens is 226 g/mol. The van der Waals surface area contributed by atoms with Crippen molar-refractivity contribution < 1.29 is 9.53 Å². The molecule has 1 aliphatic heterocycles. The monoisotopic (exact) mass is 243 g/mol. The van der Waals surface area contributed by atoms with Gasteiger partial charge in [-0.25, -0.2) is 0 Å². The lowest BCUT2D eigenvalue weighted by atomic mass is 10.0. The van der Waals surface area contributed by atoms with Gasteiger partial charge in [0.1, 0.15) is 6.10 Å². The predicted octanol–water partition coefficient (Wildman–Crippen LogP) is 3.02. The Morgan fingerprint density at radius 1 is 1.69 bits per heavy atom. The molecule has 0 aromatic rings. The van der Waals surface area contributed by atoms with Crippen LogP contribution in [0, 0.1) is 0 Å². The average Bonchev–Trinajstić information content (AvgIpc) is 2.21. The fraction of sp³-hybridized carbons (Fsp3) is 0.583. The first-order chi connectivity index (χ1) is 7.54. The minimum Gasteiger partial charge on any atom is -0.462 e. The van der Waals surface area contributed by atoms with Crippen LogP contribution in [0.2, 0.25) is 0 Å². The normalized spacial score (nSPS) is 17.6. The van der Waals surface area contributed by atoms with E-state index in [0.717, 1.165) is 17.7 Å². The van der Waals surface area contributed by atoms with Crippen LogP contribution < -0.4 is 0 Å². The van der Waals surface area contributed by atoms with Crippen molar-refractivity contribution in [2.45, 2.75) is 39.7 Å². The van der Waals surface area contributed by atoms with E-state index in [4.69, 9.17) is 16.5 Å². The van der Waals surface area contributed by atoms with Crippen molar-refractivity contribution >= 4 is 17.7 Å². The van der Waals surface area contributed by atoms with Crippen molar-refractivity contribution in [1.29, 1.82) is 0 Å². The van der Waals surface area contributed by atoms with E-state index >= 15 is 0 Å². The maximum atomic E-state index is 10.9. The summed E-state index contributed by atoms with van der Waals surface area (Å²) in [7, 11) is 0. The standard InChI is InChI=1S/C12H18ClNO2/c1-4-11(16-10(3)15)8-12-9(2)6-5-7-14(12)13/h5-6,11H,4,7-8H2,1-3H3. The third-order valence-corrected chi connectivity index (χ3v) is 2.93. The number of carbonyl (C=O) groups is 1. The Labute approximate surface area is 102 Å². The highest BCUT2D eigenvalue weighted by Gasteiger charge is 2.18. The lowest BCUT2D eigenvalue weighted by Crippen LogP contribution is -2.23. The van der Waals surface area contributed by atoms with Gasteiger partial charge in [-0.05, 0) is 18.9 Å². The molecule has 0 spiro atoms. The van der Waals surface area contributed by atoms with E-state index in [0.29, 0.717) is 13.0 Å². The van der Waals surface area contributed by atoms with Crippen molar-refractivity contribution in [3.63, 3.8) is 0 Å². The third-order valence-electron chi connectivity index (χ3n) is 2.59. The zero-order valence-electron chi connectivity index (χ0n) is 10.00. The SMILES string of the molecule is CCC(CC1=C(C)C=CCN1Cl)OC(C)=O. The van der Waals surface area contributed by atoms with Crippen molar-refractivity contribution in [2.24, 2.45) is 0 Å². The van der Waals surface area contributed by atoms with Gasteiger partial charge in [0.25, 0.3) is 0 Å². The molecule has 90 valence electrons. The molecular formula is C12H18ClNO2. The molecule has 0 aliphatic carbocycles. The van der Waals surface area contributed by atoms with Crippen molar-refractivity contribution in [3.8, 4) is 0 Å². The quantitative estimate of drug-likeness (QED) is 0.562. The second-order valence-electron chi connectivity index (χ2n) is 3.92. The molecule has 3 nitrogen and oxygen atoms in total. The summed E-state index contributed by atoms with van der Waals surface area (Å²) in [5.74, 6) is -0.238. The number of hydrogen-bond acceptors (Lipinski definition) is 3. The number of allylic oxidation sites excluding steroid dienone is 2. The van der Waals surface area contributed by atoms with Crippen LogP contribution in [0.1, 0.15) is 33.6 Å². The number of hydrogen-bond donors (Lipinski definition) is 0. The molecule has 1 rings (SSSR count). The largest absolute Gasteiger partial charge is 0.462 e. The lowest BCUT2D eigenvalue weighted by Gasteiger charge is -2.26. The molecule has 0 aromatic carbocycles. The number of halogens is 1. The Morgan fingerprint density at radius 2 is 2.38 bits per heavy atom. The van der Waals surface area contributed by atoms with Crippen LogP contribution in [-0.2, 0) is 9.53 Å². The molecule has 0 N–H and O–H groups in total. The molecule has 1 heterocycles. The highest BCUT2D eigenvalue weighted by atomic mass is 35.5. The van der Waals surface area contributed by atoms with Gasteiger partial charge in [-0.3, -0.25) is 9.21 Å². The number of esters is 1. The van der Waals surface area contributed by atoms with Crippen LogP contribution in [-0.4, -0.2) is 23.0 Å². The molecule has 0 aromatic heterocycles. The van der Waals surface area contributed by atoms with Gasteiger partial charge in [-0.15, -0.1) is 0 Å². The maximum Gasteiger partial charge on any atom is 0.302 e. The number of ether oxygens (including phenoxy) is 1. The summed E-state index contributed by atoms with van der Waals surface area (Å²) in [6.07, 6.45) is 5.45. The summed E-state index contributed by atoms with van der Waals surface area (Å²) >= 11 is 6.10. The third kappa shape index (κ3) is 3.56. The molecule has 0 saturated heterocycles. The Bertz CT molecular complexity index is 323. The summed E-state index contributed by atoms with van der Waals surface area (Å²) in [4.78, 5) is 10.9. The summed E-state index contributed by atoms with van der Waals surface area (Å²) in [6.45, 7) is 6.15. The zero-order valence-corrected chi connectivity index (χ0v) is 10.8. The first kappa shape index (κ1) is 13.1. The van der Waals surface area contributed by atoms with Gasteiger partial charge >= 0.3 is 5.97 Å². The van der Waals surface area contributed by atoms with Gasteiger partial charge in [-0.1, -0.05) is 19.1 Å². The Kier molecular flexibility index (Phi) is 4.87. The van der Waals surface area contributed by atoms with Crippen LogP contribution >= 0.6 is 11.8 Å². The number of nitrogens with zero attached hydrogens (tertiary/aromatic N) is 1. The smallest absolute Gasteiger partial charge is 0.302 e. The van der Waals surface area contributed by atoms with E-state index in [2.05, 4.69) is 6.08 Å². The van der Waals surface area contributed by atoms with E-state index in [1.165, 1.54) is 6.92 Å². The molecule has 1 unspecified atom stereocenters. The lowest BCUT2D eigenvalue weighted by molar-refractivity contribution is -0.146. The minimum absolute atomic E-state index is 0.0878. The van der Waals surface area contributed by atoms with Crippen LogP contribution in [0.25, 0.3) is 0 Å². The van der Waals surface area contributed by atoms with E-state index in [1.807, 2.05) is 19.9 Å². The summed E-state index contributed by atoms with van der Waals surface area (Å²) in [5.41, 5.74) is 2.17. The summed E-state index contributed by atoms with van der Waals surface area (Å²) < 4.78 is 6.90. The van der Waals surface area contributed by atoms with Gasteiger partial charge in [0.2, 0.25) is 0 Å².